The Bertz CT molecular complexity index is 271. The van der Waals surface area contributed by atoms with Crippen LogP contribution in [0, 0.1) is 5.92 Å². The summed E-state index contributed by atoms with van der Waals surface area (Å²) in [5, 5.41) is 3.62. The molecule has 17 heavy (non-hydrogen) atoms. The maximum atomic E-state index is 5.99. The number of hydrogen-bond donors (Lipinski definition) is 1. The highest BCUT2D eigenvalue weighted by Crippen LogP contribution is 2.38. The number of piperidine rings is 1. The van der Waals surface area contributed by atoms with E-state index in [1.165, 1.54) is 38.8 Å². The van der Waals surface area contributed by atoms with Gasteiger partial charge in [-0.1, -0.05) is 13.8 Å². The first-order chi connectivity index (χ1) is 8.28. The lowest BCUT2D eigenvalue weighted by atomic mass is 9.88. The van der Waals surface area contributed by atoms with Crippen molar-refractivity contribution in [3.63, 3.8) is 0 Å². The Hall–Kier alpha value is -0.120. The number of nitrogens with zero attached hydrogens (tertiary/aromatic N) is 1. The van der Waals surface area contributed by atoms with Crippen molar-refractivity contribution in [3.8, 4) is 0 Å². The summed E-state index contributed by atoms with van der Waals surface area (Å²) >= 11 is 0. The average molecular weight is 238 g/mol. The second-order valence-corrected chi connectivity index (χ2v) is 6.10. The summed E-state index contributed by atoms with van der Waals surface area (Å²) in [5.74, 6) is 0.780. The van der Waals surface area contributed by atoms with E-state index >= 15 is 0 Å². The van der Waals surface area contributed by atoms with E-state index in [1.54, 1.807) is 0 Å². The predicted octanol–water partition coefficient (Wildman–Crippen LogP) is 1.63. The summed E-state index contributed by atoms with van der Waals surface area (Å²) in [6, 6.07) is 1.47. The van der Waals surface area contributed by atoms with Gasteiger partial charge >= 0.3 is 0 Å². The van der Waals surface area contributed by atoms with Crippen LogP contribution in [0.2, 0.25) is 0 Å². The zero-order valence-corrected chi connectivity index (χ0v) is 11.2. The van der Waals surface area contributed by atoms with Crippen LogP contribution < -0.4 is 5.32 Å². The van der Waals surface area contributed by atoms with E-state index in [1.807, 2.05) is 0 Å². The molecule has 5 atom stereocenters. The molecule has 98 valence electrons. The van der Waals surface area contributed by atoms with Gasteiger partial charge in [-0.2, -0.15) is 0 Å². The Morgan fingerprint density at radius 3 is 2.76 bits per heavy atom. The van der Waals surface area contributed by atoms with Crippen molar-refractivity contribution >= 4 is 0 Å². The molecule has 3 nitrogen and oxygen atoms in total. The Morgan fingerprint density at radius 1 is 1.29 bits per heavy atom. The molecule has 0 aromatic heterocycles. The van der Waals surface area contributed by atoms with Crippen LogP contribution in [0.4, 0.5) is 0 Å². The van der Waals surface area contributed by atoms with Gasteiger partial charge in [-0.25, -0.2) is 0 Å². The van der Waals surface area contributed by atoms with Gasteiger partial charge in [0.2, 0.25) is 0 Å². The highest BCUT2D eigenvalue weighted by Gasteiger charge is 2.44. The Morgan fingerprint density at radius 2 is 2.18 bits per heavy atom. The van der Waals surface area contributed by atoms with Crippen molar-refractivity contribution in [3.05, 3.63) is 0 Å². The van der Waals surface area contributed by atoms with Gasteiger partial charge < -0.3 is 10.1 Å². The third-order valence-corrected chi connectivity index (χ3v) is 4.95. The number of ether oxygens (including phenoxy) is 1. The smallest absolute Gasteiger partial charge is 0.0735 e. The summed E-state index contributed by atoms with van der Waals surface area (Å²) in [4.78, 5) is 2.71. The predicted molar refractivity (Wildman–Crippen MR) is 69.1 cm³/mol. The number of likely N-dealkylation sites (tertiary alicyclic amines) is 1. The summed E-state index contributed by atoms with van der Waals surface area (Å²) in [6.07, 6.45) is 6.36. The zero-order valence-electron chi connectivity index (χ0n) is 11.2. The van der Waals surface area contributed by atoms with Crippen molar-refractivity contribution in [1.82, 2.24) is 10.2 Å². The van der Waals surface area contributed by atoms with E-state index in [0.717, 1.165) is 24.5 Å². The molecule has 3 heterocycles. The molecule has 5 unspecified atom stereocenters. The summed E-state index contributed by atoms with van der Waals surface area (Å²) in [6.45, 7) is 8.23. The highest BCUT2D eigenvalue weighted by molar-refractivity contribution is 4.97. The van der Waals surface area contributed by atoms with Crippen molar-refractivity contribution in [2.24, 2.45) is 5.92 Å². The number of rotatable bonds is 3. The fourth-order valence-corrected chi connectivity index (χ4v) is 4.04. The monoisotopic (exact) mass is 238 g/mol. The standard InChI is InChI=1S/C14H26N2O/c1-3-15-12-6-7-16(9-10(12)2)13-8-11-4-5-14(13)17-11/h10-15H,3-9H2,1-2H3. The van der Waals surface area contributed by atoms with Crippen LogP contribution in [0.25, 0.3) is 0 Å². The van der Waals surface area contributed by atoms with Crippen LogP contribution in [0.3, 0.4) is 0 Å². The van der Waals surface area contributed by atoms with Gasteiger partial charge in [0.1, 0.15) is 0 Å². The van der Waals surface area contributed by atoms with Gasteiger partial charge in [0, 0.05) is 25.2 Å². The largest absolute Gasteiger partial charge is 0.373 e. The lowest BCUT2D eigenvalue weighted by Gasteiger charge is -2.42. The SMILES string of the molecule is CCNC1CCN(C2CC3CCC2O3)CC1C. The van der Waals surface area contributed by atoms with Crippen LogP contribution in [0.1, 0.15) is 39.5 Å². The van der Waals surface area contributed by atoms with Gasteiger partial charge in [0.25, 0.3) is 0 Å². The first-order valence-corrected chi connectivity index (χ1v) is 7.40. The van der Waals surface area contributed by atoms with E-state index in [9.17, 15) is 0 Å². The minimum atomic E-state index is 0.558. The third kappa shape index (κ3) is 2.25. The van der Waals surface area contributed by atoms with Crippen LogP contribution in [0.5, 0.6) is 0 Å². The second-order valence-electron chi connectivity index (χ2n) is 6.10. The first kappa shape index (κ1) is 11.9. The van der Waals surface area contributed by atoms with E-state index in [2.05, 4.69) is 24.1 Å². The summed E-state index contributed by atoms with van der Waals surface area (Å²) in [5.41, 5.74) is 0. The molecule has 0 radical (unpaired) electrons. The summed E-state index contributed by atoms with van der Waals surface area (Å²) in [7, 11) is 0. The molecule has 3 heteroatoms. The molecule has 3 aliphatic rings. The van der Waals surface area contributed by atoms with Crippen LogP contribution >= 0.6 is 0 Å². The van der Waals surface area contributed by atoms with Gasteiger partial charge in [0.05, 0.1) is 12.2 Å². The topological polar surface area (TPSA) is 24.5 Å². The van der Waals surface area contributed by atoms with E-state index < -0.39 is 0 Å². The molecule has 0 aliphatic carbocycles. The normalized spacial score (nSPS) is 46.6. The number of hydrogen-bond acceptors (Lipinski definition) is 3. The van der Waals surface area contributed by atoms with E-state index in [-0.39, 0.29) is 0 Å². The quantitative estimate of drug-likeness (QED) is 0.809. The second kappa shape index (κ2) is 4.87. The molecule has 0 aromatic rings. The van der Waals surface area contributed by atoms with Crippen LogP contribution in [-0.4, -0.2) is 48.8 Å². The molecule has 0 spiro atoms. The molecule has 3 aliphatic heterocycles. The molecule has 3 rings (SSSR count). The molecule has 3 fully saturated rings. The lowest BCUT2D eigenvalue weighted by molar-refractivity contribution is 0.0457. The highest BCUT2D eigenvalue weighted by atomic mass is 16.5. The van der Waals surface area contributed by atoms with Crippen molar-refractivity contribution in [2.45, 2.75) is 63.8 Å². The Balaban J connectivity index is 1.56. The molecule has 3 saturated heterocycles. The van der Waals surface area contributed by atoms with Crippen molar-refractivity contribution < 1.29 is 4.74 Å². The Kier molecular flexibility index (Phi) is 3.42. The van der Waals surface area contributed by atoms with Crippen molar-refractivity contribution in [2.75, 3.05) is 19.6 Å². The van der Waals surface area contributed by atoms with E-state index in [0.29, 0.717) is 12.2 Å². The molecule has 2 bridgehead atoms. The van der Waals surface area contributed by atoms with Gasteiger partial charge in [-0.3, -0.25) is 4.90 Å². The molecular weight excluding hydrogens is 212 g/mol. The minimum absolute atomic E-state index is 0.558. The first-order valence-electron chi connectivity index (χ1n) is 7.40. The molecule has 0 amide bonds. The fraction of sp³-hybridized carbons (Fsp3) is 1.00. The molecular formula is C14H26N2O. The van der Waals surface area contributed by atoms with Crippen LogP contribution in [-0.2, 0) is 4.74 Å². The average Bonchev–Trinajstić information content (AvgIpc) is 2.94. The number of fused-ring (bicyclic) bond motifs is 2. The maximum absolute atomic E-state index is 5.99. The summed E-state index contributed by atoms with van der Waals surface area (Å²) < 4.78 is 5.99. The van der Waals surface area contributed by atoms with Crippen molar-refractivity contribution in [1.29, 1.82) is 0 Å². The minimum Gasteiger partial charge on any atom is -0.373 e. The zero-order chi connectivity index (χ0) is 11.8. The number of nitrogens with one attached hydrogen (secondary N) is 1. The molecule has 0 saturated carbocycles. The molecule has 0 aromatic carbocycles. The maximum Gasteiger partial charge on any atom is 0.0735 e. The molecule has 1 N–H and O–H groups in total. The van der Waals surface area contributed by atoms with Gasteiger partial charge in [-0.15, -0.1) is 0 Å². The van der Waals surface area contributed by atoms with Crippen LogP contribution in [0.15, 0.2) is 0 Å². The van der Waals surface area contributed by atoms with Gasteiger partial charge in [-0.05, 0) is 38.1 Å². The third-order valence-electron chi connectivity index (χ3n) is 4.95. The van der Waals surface area contributed by atoms with E-state index in [4.69, 9.17) is 4.74 Å². The lowest BCUT2D eigenvalue weighted by Crippen LogP contribution is -2.53. The fourth-order valence-electron chi connectivity index (χ4n) is 4.04. The Labute approximate surface area is 105 Å². The van der Waals surface area contributed by atoms with Gasteiger partial charge in [0.15, 0.2) is 0 Å².